The molecule has 1 atom stereocenters. The van der Waals surface area contributed by atoms with Gasteiger partial charge in [-0.25, -0.2) is 13.4 Å². The zero-order valence-electron chi connectivity index (χ0n) is 13.9. The molecule has 1 saturated heterocycles. The van der Waals surface area contributed by atoms with E-state index in [4.69, 9.17) is 0 Å². The first-order valence-corrected chi connectivity index (χ1v) is 9.83. The Bertz CT molecular complexity index is 791. The molecule has 1 aromatic heterocycles. The first-order chi connectivity index (χ1) is 12.1. The number of sulfonamides is 1. The van der Waals surface area contributed by atoms with Gasteiger partial charge in [-0.1, -0.05) is 18.2 Å². The molecule has 25 heavy (non-hydrogen) atoms. The number of nitrogens with one attached hydrogen (secondary N) is 1. The molecule has 1 fully saturated rings. The fourth-order valence-electron chi connectivity index (χ4n) is 3.03. The number of carbonyl (C=O) groups is 1. The van der Waals surface area contributed by atoms with Crippen molar-refractivity contribution >= 4 is 15.9 Å². The van der Waals surface area contributed by atoms with Crippen molar-refractivity contribution in [1.82, 2.24) is 19.2 Å². The Hall–Kier alpha value is -2.19. The third kappa shape index (κ3) is 4.08. The molecular formula is C17H22N4O3S. The van der Waals surface area contributed by atoms with E-state index in [1.165, 1.54) is 4.31 Å². The predicted molar refractivity (Wildman–Crippen MR) is 93.2 cm³/mol. The van der Waals surface area contributed by atoms with Gasteiger partial charge >= 0.3 is 0 Å². The maximum Gasteiger partial charge on any atom is 0.243 e. The molecule has 2 aromatic rings. The fourth-order valence-corrected chi connectivity index (χ4v) is 4.71. The van der Waals surface area contributed by atoms with Gasteiger partial charge in [0, 0.05) is 32.0 Å². The standard InChI is InChI=1S/C17H22N4O3S/c22-17(19-9-5-11-20-13-10-18-14-20)16-8-4-12-21(16)25(23,24)15-6-2-1-3-7-15/h1-3,6-7,10,13-14,16H,4-5,8-9,11-12H2,(H,19,22). The number of nitrogens with zero attached hydrogens (tertiary/aromatic N) is 3. The second-order valence-corrected chi connectivity index (χ2v) is 7.92. The van der Waals surface area contributed by atoms with E-state index < -0.39 is 16.1 Å². The van der Waals surface area contributed by atoms with E-state index in [9.17, 15) is 13.2 Å². The average molecular weight is 362 g/mol. The summed E-state index contributed by atoms with van der Waals surface area (Å²) in [6.45, 7) is 1.65. The highest BCUT2D eigenvalue weighted by Gasteiger charge is 2.39. The lowest BCUT2D eigenvalue weighted by atomic mass is 10.2. The van der Waals surface area contributed by atoms with Gasteiger partial charge in [0.05, 0.1) is 11.2 Å². The molecular weight excluding hydrogens is 340 g/mol. The molecule has 3 rings (SSSR count). The Labute approximate surface area is 147 Å². The van der Waals surface area contributed by atoms with Crippen LogP contribution in [0.2, 0.25) is 0 Å². The van der Waals surface area contributed by atoms with E-state index in [1.54, 1.807) is 42.9 Å². The monoisotopic (exact) mass is 362 g/mol. The quantitative estimate of drug-likeness (QED) is 0.751. The number of amides is 1. The lowest BCUT2D eigenvalue weighted by molar-refractivity contribution is -0.124. The molecule has 1 amide bonds. The topological polar surface area (TPSA) is 84.3 Å². The van der Waals surface area contributed by atoms with Gasteiger partial charge in [0.25, 0.3) is 0 Å². The van der Waals surface area contributed by atoms with E-state index in [0.717, 1.165) is 13.0 Å². The van der Waals surface area contributed by atoms with E-state index in [2.05, 4.69) is 10.3 Å². The zero-order chi connectivity index (χ0) is 17.7. The Balaban J connectivity index is 1.58. The van der Waals surface area contributed by atoms with Gasteiger partial charge in [-0.3, -0.25) is 4.79 Å². The first-order valence-electron chi connectivity index (χ1n) is 8.39. The van der Waals surface area contributed by atoms with Crippen molar-refractivity contribution < 1.29 is 13.2 Å². The van der Waals surface area contributed by atoms with Crippen molar-refractivity contribution in [3.8, 4) is 0 Å². The molecule has 1 aliphatic rings. The Morgan fingerprint density at radius 2 is 2.08 bits per heavy atom. The second kappa shape index (κ2) is 7.79. The predicted octanol–water partition coefficient (Wildman–Crippen LogP) is 1.24. The van der Waals surface area contributed by atoms with Crippen LogP contribution in [0.5, 0.6) is 0 Å². The van der Waals surface area contributed by atoms with Gasteiger partial charge in [-0.05, 0) is 31.4 Å². The number of aromatic nitrogens is 2. The number of imidazole rings is 1. The largest absolute Gasteiger partial charge is 0.355 e. The highest BCUT2D eigenvalue weighted by atomic mass is 32.2. The molecule has 0 radical (unpaired) electrons. The molecule has 134 valence electrons. The lowest BCUT2D eigenvalue weighted by Gasteiger charge is -2.23. The molecule has 0 bridgehead atoms. The van der Waals surface area contributed by atoms with E-state index in [1.807, 2.05) is 10.8 Å². The van der Waals surface area contributed by atoms with Gasteiger partial charge < -0.3 is 9.88 Å². The maximum atomic E-state index is 12.8. The highest BCUT2D eigenvalue weighted by Crippen LogP contribution is 2.26. The number of rotatable bonds is 7. The van der Waals surface area contributed by atoms with Crippen molar-refractivity contribution in [3.63, 3.8) is 0 Å². The van der Waals surface area contributed by atoms with Crippen LogP contribution in [0, 0.1) is 0 Å². The summed E-state index contributed by atoms with van der Waals surface area (Å²) in [5, 5.41) is 2.86. The summed E-state index contributed by atoms with van der Waals surface area (Å²) in [5.41, 5.74) is 0. The summed E-state index contributed by atoms with van der Waals surface area (Å²) in [7, 11) is -3.64. The number of hydrogen-bond acceptors (Lipinski definition) is 4. The number of hydrogen-bond donors (Lipinski definition) is 1. The SMILES string of the molecule is O=C(NCCCn1ccnc1)C1CCCN1S(=O)(=O)c1ccccc1. The normalized spacial score (nSPS) is 18.3. The van der Waals surface area contributed by atoms with Crippen LogP contribution in [-0.2, 0) is 21.4 Å². The summed E-state index contributed by atoms with van der Waals surface area (Å²) >= 11 is 0. The fraction of sp³-hybridized carbons (Fsp3) is 0.412. The van der Waals surface area contributed by atoms with Crippen molar-refractivity contribution in [2.75, 3.05) is 13.1 Å². The minimum absolute atomic E-state index is 0.220. The zero-order valence-corrected chi connectivity index (χ0v) is 14.7. The van der Waals surface area contributed by atoms with Crippen LogP contribution >= 0.6 is 0 Å². The van der Waals surface area contributed by atoms with Crippen LogP contribution in [0.4, 0.5) is 0 Å². The Kier molecular flexibility index (Phi) is 5.50. The van der Waals surface area contributed by atoms with Crippen LogP contribution < -0.4 is 5.32 Å². The summed E-state index contributed by atoms with van der Waals surface area (Å²) in [5.74, 6) is -0.220. The molecule has 7 nitrogen and oxygen atoms in total. The van der Waals surface area contributed by atoms with Crippen molar-refractivity contribution in [2.24, 2.45) is 0 Å². The number of carbonyl (C=O) groups excluding carboxylic acids is 1. The molecule has 0 spiro atoms. The van der Waals surface area contributed by atoms with Crippen LogP contribution in [0.3, 0.4) is 0 Å². The van der Waals surface area contributed by atoms with Crippen molar-refractivity contribution in [1.29, 1.82) is 0 Å². The molecule has 2 heterocycles. The van der Waals surface area contributed by atoms with Gasteiger partial charge in [0.1, 0.15) is 6.04 Å². The third-order valence-electron chi connectivity index (χ3n) is 4.31. The molecule has 1 N–H and O–H groups in total. The molecule has 8 heteroatoms. The van der Waals surface area contributed by atoms with Gasteiger partial charge in [-0.15, -0.1) is 0 Å². The molecule has 1 aliphatic heterocycles. The Morgan fingerprint density at radius 3 is 2.80 bits per heavy atom. The average Bonchev–Trinajstić information content (AvgIpc) is 3.31. The van der Waals surface area contributed by atoms with E-state index in [-0.39, 0.29) is 10.8 Å². The summed E-state index contributed by atoms with van der Waals surface area (Å²) in [4.78, 5) is 16.7. The van der Waals surface area contributed by atoms with E-state index >= 15 is 0 Å². The number of aryl methyl sites for hydroxylation is 1. The second-order valence-electron chi connectivity index (χ2n) is 6.03. The first kappa shape index (κ1) is 17.6. The summed E-state index contributed by atoms with van der Waals surface area (Å²) in [6.07, 6.45) is 7.32. The maximum absolute atomic E-state index is 12.8. The molecule has 0 aliphatic carbocycles. The molecule has 0 saturated carbocycles. The minimum Gasteiger partial charge on any atom is -0.355 e. The Morgan fingerprint density at radius 1 is 1.28 bits per heavy atom. The molecule has 1 aromatic carbocycles. The smallest absolute Gasteiger partial charge is 0.243 e. The van der Waals surface area contributed by atoms with Crippen LogP contribution in [0.25, 0.3) is 0 Å². The summed E-state index contributed by atoms with van der Waals surface area (Å²) in [6, 6.07) is 7.65. The van der Waals surface area contributed by atoms with Crippen molar-refractivity contribution in [2.45, 2.75) is 36.7 Å². The molecule has 1 unspecified atom stereocenters. The number of benzene rings is 1. The van der Waals surface area contributed by atoms with Gasteiger partial charge in [0.15, 0.2) is 0 Å². The minimum atomic E-state index is -3.64. The van der Waals surface area contributed by atoms with Crippen LogP contribution in [0.1, 0.15) is 19.3 Å². The van der Waals surface area contributed by atoms with Gasteiger partial charge in [-0.2, -0.15) is 4.31 Å². The lowest BCUT2D eigenvalue weighted by Crippen LogP contribution is -2.46. The van der Waals surface area contributed by atoms with Crippen LogP contribution in [-0.4, -0.2) is 47.3 Å². The summed E-state index contributed by atoms with van der Waals surface area (Å²) < 4.78 is 28.8. The highest BCUT2D eigenvalue weighted by molar-refractivity contribution is 7.89. The van der Waals surface area contributed by atoms with Crippen molar-refractivity contribution in [3.05, 3.63) is 49.1 Å². The third-order valence-corrected chi connectivity index (χ3v) is 6.23. The van der Waals surface area contributed by atoms with E-state index in [0.29, 0.717) is 25.9 Å². The van der Waals surface area contributed by atoms with Crippen LogP contribution in [0.15, 0.2) is 53.9 Å². The van der Waals surface area contributed by atoms with Gasteiger partial charge in [0.2, 0.25) is 15.9 Å².